The van der Waals surface area contributed by atoms with Crippen LogP contribution < -0.4 is 15.1 Å². The third kappa shape index (κ3) is 5.06. The number of hydrogen-bond acceptors (Lipinski definition) is 6. The fraction of sp³-hybridized carbons (Fsp3) is 0.619. The van der Waals surface area contributed by atoms with Gasteiger partial charge in [-0.1, -0.05) is 18.0 Å². The summed E-state index contributed by atoms with van der Waals surface area (Å²) in [5, 5.41) is 4.23. The van der Waals surface area contributed by atoms with Crippen molar-refractivity contribution in [1.29, 1.82) is 0 Å². The first-order valence-electron chi connectivity index (χ1n) is 10.4. The Morgan fingerprint density at radius 3 is 2.74 bits per heavy atom. The molecule has 2 heterocycles. The van der Waals surface area contributed by atoms with E-state index in [-0.39, 0.29) is 17.4 Å². The number of nitrogens with one attached hydrogen (secondary N) is 1. The number of benzene rings is 1. The summed E-state index contributed by atoms with van der Waals surface area (Å²) in [4.78, 5) is 22.4. The van der Waals surface area contributed by atoms with Crippen molar-refractivity contribution in [2.24, 2.45) is 5.16 Å². The SMILES string of the molecule is CC(=O)NOc1cc(C2=NOC3(CCOC3)C2)cc(C2CCCC2)c1OCC(F)(F)F. The zero-order chi connectivity index (χ0) is 22.1. The topological polar surface area (TPSA) is 78.4 Å². The molecule has 0 radical (unpaired) electrons. The summed E-state index contributed by atoms with van der Waals surface area (Å²) in [7, 11) is 0. The fourth-order valence-electron chi connectivity index (χ4n) is 4.32. The average Bonchev–Trinajstić information content (AvgIpc) is 3.47. The molecular formula is C21H25F3N2O5. The van der Waals surface area contributed by atoms with E-state index in [4.69, 9.17) is 19.1 Å². The molecule has 1 aliphatic carbocycles. The normalized spacial score (nSPS) is 23.7. The second kappa shape index (κ2) is 8.57. The smallest absolute Gasteiger partial charge is 0.422 e. The Morgan fingerprint density at radius 1 is 1.32 bits per heavy atom. The van der Waals surface area contributed by atoms with Crippen LogP contribution in [0.2, 0.25) is 0 Å². The lowest BCUT2D eigenvalue weighted by molar-refractivity contribution is -0.154. The fourth-order valence-corrected chi connectivity index (χ4v) is 4.32. The highest BCUT2D eigenvalue weighted by Gasteiger charge is 2.43. The summed E-state index contributed by atoms with van der Waals surface area (Å²) in [6.07, 6.45) is 0.393. The van der Waals surface area contributed by atoms with E-state index in [0.717, 1.165) is 32.1 Å². The lowest BCUT2D eigenvalue weighted by Gasteiger charge is -2.22. The second-order valence-corrected chi connectivity index (χ2v) is 8.33. The molecule has 1 saturated carbocycles. The van der Waals surface area contributed by atoms with Gasteiger partial charge in [-0.25, -0.2) is 0 Å². The van der Waals surface area contributed by atoms with Crippen molar-refractivity contribution in [2.75, 3.05) is 19.8 Å². The summed E-state index contributed by atoms with van der Waals surface area (Å²) in [5.74, 6) is -0.432. The number of ether oxygens (including phenoxy) is 2. The third-order valence-electron chi connectivity index (χ3n) is 5.80. The van der Waals surface area contributed by atoms with E-state index in [1.54, 1.807) is 0 Å². The highest BCUT2D eigenvalue weighted by molar-refractivity contribution is 6.02. The predicted molar refractivity (Wildman–Crippen MR) is 104 cm³/mol. The van der Waals surface area contributed by atoms with Crippen molar-refractivity contribution in [3.63, 3.8) is 0 Å². The molecule has 170 valence electrons. The van der Waals surface area contributed by atoms with E-state index >= 15 is 0 Å². The van der Waals surface area contributed by atoms with Crippen LogP contribution in [0.25, 0.3) is 0 Å². The zero-order valence-electron chi connectivity index (χ0n) is 17.2. The van der Waals surface area contributed by atoms with Crippen LogP contribution in [-0.4, -0.2) is 43.2 Å². The van der Waals surface area contributed by atoms with Crippen LogP contribution in [0, 0.1) is 0 Å². The molecule has 1 N–H and O–H groups in total. The Balaban J connectivity index is 1.71. The molecule has 10 heteroatoms. The summed E-state index contributed by atoms with van der Waals surface area (Å²) < 4.78 is 49.4. The monoisotopic (exact) mass is 442 g/mol. The van der Waals surface area contributed by atoms with Gasteiger partial charge in [-0.05, 0) is 30.9 Å². The maximum Gasteiger partial charge on any atom is 0.422 e. The molecular weight excluding hydrogens is 417 g/mol. The third-order valence-corrected chi connectivity index (χ3v) is 5.80. The summed E-state index contributed by atoms with van der Waals surface area (Å²) >= 11 is 0. The minimum atomic E-state index is -4.50. The van der Waals surface area contributed by atoms with Gasteiger partial charge >= 0.3 is 6.18 Å². The number of carbonyl (C=O) groups is 1. The van der Waals surface area contributed by atoms with Gasteiger partial charge in [-0.3, -0.25) is 4.79 Å². The first-order valence-corrected chi connectivity index (χ1v) is 10.4. The number of hydroxylamine groups is 1. The molecule has 3 aliphatic rings. The first-order chi connectivity index (χ1) is 14.7. The predicted octanol–water partition coefficient (Wildman–Crippen LogP) is 4.00. The Labute approximate surface area is 177 Å². The molecule has 1 aromatic rings. The van der Waals surface area contributed by atoms with Crippen molar-refractivity contribution in [1.82, 2.24) is 5.48 Å². The Morgan fingerprint density at radius 2 is 2.10 bits per heavy atom. The van der Waals surface area contributed by atoms with E-state index in [9.17, 15) is 18.0 Å². The van der Waals surface area contributed by atoms with Gasteiger partial charge < -0.3 is 19.1 Å². The highest BCUT2D eigenvalue weighted by Crippen LogP contribution is 2.45. The van der Waals surface area contributed by atoms with Crippen molar-refractivity contribution in [2.45, 2.75) is 63.1 Å². The van der Waals surface area contributed by atoms with Crippen molar-refractivity contribution in [3.05, 3.63) is 23.3 Å². The molecule has 1 amide bonds. The van der Waals surface area contributed by atoms with Crippen LogP contribution in [0.5, 0.6) is 11.5 Å². The van der Waals surface area contributed by atoms with E-state index in [1.165, 1.54) is 13.0 Å². The molecule has 1 aromatic carbocycles. The lowest BCUT2D eigenvalue weighted by atomic mass is 9.89. The molecule has 1 saturated heterocycles. The van der Waals surface area contributed by atoms with Crippen LogP contribution in [-0.2, 0) is 14.4 Å². The molecule has 1 unspecified atom stereocenters. The van der Waals surface area contributed by atoms with Crippen molar-refractivity contribution in [3.8, 4) is 11.5 Å². The van der Waals surface area contributed by atoms with Crippen LogP contribution in [0.3, 0.4) is 0 Å². The van der Waals surface area contributed by atoms with E-state index in [0.29, 0.717) is 36.5 Å². The molecule has 1 spiro atoms. The van der Waals surface area contributed by atoms with E-state index < -0.39 is 24.3 Å². The number of hydrogen-bond donors (Lipinski definition) is 1. The van der Waals surface area contributed by atoms with Gasteiger partial charge in [0.25, 0.3) is 0 Å². The van der Waals surface area contributed by atoms with Crippen LogP contribution in [0.1, 0.15) is 62.5 Å². The molecule has 2 fully saturated rings. The second-order valence-electron chi connectivity index (χ2n) is 8.33. The van der Waals surface area contributed by atoms with Gasteiger partial charge in [0.1, 0.15) is 0 Å². The number of nitrogens with zero attached hydrogens (tertiary/aromatic N) is 1. The largest absolute Gasteiger partial charge is 0.480 e. The number of carbonyl (C=O) groups excluding carboxylic acids is 1. The minimum Gasteiger partial charge on any atom is -0.480 e. The Hall–Kier alpha value is -2.49. The maximum atomic E-state index is 12.9. The number of rotatable bonds is 6. The summed E-state index contributed by atoms with van der Waals surface area (Å²) in [5.41, 5.74) is 3.67. The molecule has 0 bridgehead atoms. The Bertz CT molecular complexity index is 859. The zero-order valence-corrected chi connectivity index (χ0v) is 17.2. The van der Waals surface area contributed by atoms with Gasteiger partial charge in [-0.15, -0.1) is 0 Å². The number of halogens is 3. The lowest BCUT2D eigenvalue weighted by Crippen LogP contribution is -2.29. The minimum absolute atomic E-state index is 0.000142. The molecule has 2 aliphatic heterocycles. The van der Waals surface area contributed by atoms with E-state index in [1.807, 2.05) is 6.07 Å². The van der Waals surface area contributed by atoms with Crippen LogP contribution >= 0.6 is 0 Å². The summed E-state index contributed by atoms with van der Waals surface area (Å²) in [6.45, 7) is 0.832. The van der Waals surface area contributed by atoms with Crippen LogP contribution in [0.15, 0.2) is 17.3 Å². The molecule has 1 atom stereocenters. The quantitative estimate of drug-likeness (QED) is 0.674. The van der Waals surface area contributed by atoms with Crippen LogP contribution in [0.4, 0.5) is 13.2 Å². The van der Waals surface area contributed by atoms with Gasteiger partial charge in [0, 0.05) is 30.9 Å². The van der Waals surface area contributed by atoms with Gasteiger partial charge in [-0.2, -0.15) is 18.7 Å². The Kier molecular flexibility index (Phi) is 6.00. The standard InChI is InChI=1S/C21H25F3N2O5/c1-13(27)25-30-18-9-15(17-10-20(31-26-17)6-7-28-11-20)8-16(14-4-2-3-5-14)19(18)29-12-21(22,23)24/h8-9,14H,2-7,10-12H2,1H3,(H,25,27). The highest BCUT2D eigenvalue weighted by atomic mass is 19.4. The number of amides is 1. The molecule has 4 rings (SSSR count). The number of alkyl halides is 3. The van der Waals surface area contributed by atoms with Gasteiger partial charge in [0.15, 0.2) is 23.7 Å². The molecule has 31 heavy (non-hydrogen) atoms. The molecule has 7 nitrogen and oxygen atoms in total. The number of oxime groups is 1. The van der Waals surface area contributed by atoms with Crippen molar-refractivity contribution < 1.29 is 37.1 Å². The molecule has 0 aromatic heterocycles. The van der Waals surface area contributed by atoms with Gasteiger partial charge in [0.2, 0.25) is 5.91 Å². The summed E-state index contributed by atoms with van der Waals surface area (Å²) in [6, 6.07) is 3.36. The first kappa shape index (κ1) is 21.7. The maximum absolute atomic E-state index is 12.9. The van der Waals surface area contributed by atoms with Gasteiger partial charge in [0.05, 0.1) is 18.9 Å². The van der Waals surface area contributed by atoms with E-state index in [2.05, 4.69) is 10.6 Å². The van der Waals surface area contributed by atoms with Crippen molar-refractivity contribution >= 4 is 11.6 Å². The average molecular weight is 442 g/mol.